The molecule has 0 radical (unpaired) electrons. The molecule has 1 aromatic heterocycles. The minimum atomic E-state index is 0.301. The summed E-state index contributed by atoms with van der Waals surface area (Å²) in [5.74, 6) is 6.72. The lowest BCUT2D eigenvalue weighted by molar-refractivity contribution is 0.234. The molecule has 0 aliphatic rings. The lowest BCUT2D eigenvalue weighted by Crippen LogP contribution is -2.10. The summed E-state index contributed by atoms with van der Waals surface area (Å²) in [6.45, 7) is 25.5. The Labute approximate surface area is 661 Å². The van der Waals surface area contributed by atoms with Crippen molar-refractivity contribution in [3.05, 3.63) is 36.4 Å². The molecule has 0 saturated heterocycles. The van der Waals surface area contributed by atoms with Gasteiger partial charge < -0.3 is 58.6 Å². The van der Waals surface area contributed by atoms with Crippen LogP contribution in [0.5, 0.6) is 51.7 Å². The first-order valence-corrected chi connectivity index (χ1v) is 45.6. The number of nitrogens with zero attached hydrogens (tertiary/aromatic N) is 3. The van der Waals surface area contributed by atoms with E-state index in [0.717, 1.165) is 116 Å². The minimum Gasteiger partial charge on any atom is -0.489 e. The van der Waals surface area contributed by atoms with Crippen molar-refractivity contribution in [2.45, 2.75) is 409 Å². The molecule has 0 bridgehead atoms. The number of ether oxygens (including phenoxy) is 9. The van der Waals surface area contributed by atoms with Gasteiger partial charge in [-0.25, -0.2) is 0 Å². The smallest absolute Gasteiger partial charge is 0.233 e. The van der Waals surface area contributed by atoms with Gasteiger partial charge in [-0.15, -0.1) is 0 Å². The van der Waals surface area contributed by atoms with Gasteiger partial charge in [0.1, 0.15) is 0 Å². The van der Waals surface area contributed by atoms with Gasteiger partial charge in [0.2, 0.25) is 35.1 Å². The summed E-state index contributed by atoms with van der Waals surface area (Å²) in [5.41, 5.74) is 2.10. The molecule has 0 aliphatic carbocycles. The zero-order chi connectivity index (χ0) is 77.1. The summed E-state index contributed by atoms with van der Waals surface area (Å²) in [6, 6.07) is 12.2. The van der Waals surface area contributed by atoms with Crippen LogP contribution in [-0.4, -0.2) is 74.4 Å². The third-order valence-corrected chi connectivity index (χ3v) is 20.2. The molecule has 0 fully saturated rings. The molecule has 0 aliphatic heterocycles. The van der Waals surface area contributed by atoms with Crippen LogP contribution >= 0.6 is 0 Å². The van der Waals surface area contributed by atoms with Crippen molar-refractivity contribution in [2.75, 3.05) is 75.4 Å². The molecule has 0 atom stereocenters. The number of benzene rings is 3. The first-order valence-electron chi connectivity index (χ1n) is 45.6. The number of hydrogen-bond acceptors (Lipinski definition) is 15. The zero-order valence-electron chi connectivity index (χ0n) is 71.0. The van der Waals surface area contributed by atoms with Crippen molar-refractivity contribution in [3.63, 3.8) is 0 Å². The van der Waals surface area contributed by atoms with Gasteiger partial charge in [-0.1, -0.05) is 351 Å². The van der Waals surface area contributed by atoms with Gasteiger partial charge in [0.15, 0.2) is 34.5 Å². The Morgan fingerprint density at radius 3 is 0.454 bits per heavy atom. The molecule has 3 N–H and O–H groups in total. The van der Waals surface area contributed by atoms with Gasteiger partial charge in [0.25, 0.3) is 0 Å². The Bertz CT molecular complexity index is 2330. The summed E-state index contributed by atoms with van der Waals surface area (Å²) in [6.07, 6.45) is 62.6. The third-order valence-electron chi connectivity index (χ3n) is 20.2. The van der Waals surface area contributed by atoms with Gasteiger partial charge in [-0.05, 0) is 57.8 Å². The molecule has 108 heavy (non-hydrogen) atoms. The van der Waals surface area contributed by atoms with E-state index < -0.39 is 0 Å². The van der Waals surface area contributed by atoms with Gasteiger partial charge >= 0.3 is 0 Å². The number of unbranched alkanes of at least 4 members (excludes halogenated alkanes) is 45. The maximum absolute atomic E-state index is 6.85. The number of nitrogens with one attached hydrogen (secondary N) is 3. The normalized spacial score (nSPS) is 11.3. The average Bonchev–Trinajstić information content (AvgIpc) is 0.808. The van der Waals surface area contributed by atoms with Crippen LogP contribution in [0.3, 0.4) is 0 Å². The highest BCUT2D eigenvalue weighted by atomic mass is 16.6. The Kier molecular flexibility index (Phi) is 58.7. The van der Waals surface area contributed by atoms with Crippen molar-refractivity contribution in [2.24, 2.45) is 0 Å². The molecule has 15 nitrogen and oxygen atoms in total. The van der Waals surface area contributed by atoms with Gasteiger partial charge in [-0.3, -0.25) is 0 Å². The predicted octanol–water partition coefficient (Wildman–Crippen LogP) is 29.8. The molecule has 15 heteroatoms. The fourth-order valence-electron chi connectivity index (χ4n) is 13.5. The SMILES string of the molecule is CCCCCCCCOc1cc(Nc2nc(Nc3cc(OCCCCCCCC)c(OCCCCCCCC)c(OCCCCCCCC)c3)nc(Nc3cc(OCCCCCCCC)c(OCCCCCCCC)c(OCCCCCCCC)c3)n2)cc(OCCCCCCCC)c1OCCCCCCCC. The van der Waals surface area contributed by atoms with Gasteiger partial charge in [0, 0.05) is 53.5 Å². The van der Waals surface area contributed by atoms with Gasteiger partial charge in [0.05, 0.1) is 59.5 Å². The maximum Gasteiger partial charge on any atom is 0.233 e. The minimum absolute atomic E-state index is 0.301. The second kappa shape index (κ2) is 67.0. The Hall–Kier alpha value is -5.73. The fraction of sp³-hybridized carbons (Fsp3) is 0.774. The highest BCUT2D eigenvalue weighted by Crippen LogP contribution is 2.46. The highest BCUT2D eigenvalue weighted by molar-refractivity contribution is 5.71. The molecular weight excluding hydrogens is 1350 g/mol. The van der Waals surface area contributed by atoms with E-state index in [1.165, 1.54) is 231 Å². The van der Waals surface area contributed by atoms with Crippen molar-refractivity contribution >= 4 is 34.9 Å². The predicted molar refractivity (Wildman–Crippen MR) is 459 cm³/mol. The topological polar surface area (TPSA) is 158 Å². The summed E-state index contributed by atoms with van der Waals surface area (Å²) in [4.78, 5) is 15.7. The van der Waals surface area contributed by atoms with E-state index in [-0.39, 0.29) is 0 Å². The summed E-state index contributed by atoms with van der Waals surface area (Å²) < 4.78 is 61.6. The highest BCUT2D eigenvalue weighted by Gasteiger charge is 2.23. The van der Waals surface area contributed by atoms with E-state index in [0.29, 0.717) is 146 Å². The Morgan fingerprint density at radius 1 is 0.176 bits per heavy atom. The van der Waals surface area contributed by atoms with E-state index in [1.807, 2.05) is 36.4 Å². The molecular formula is C93H162N6O9. The molecule has 4 rings (SSSR count). The lowest BCUT2D eigenvalue weighted by atomic mass is 10.1. The molecule has 3 aromatic carbocycles. The number of hydrogen-bond donors (Lipinski definition) is 3. The van der Waals surface area contributed by atoms with Crippen LogP contribution in [0.4, 0.5) is 34.9 Å². The maximum atomic E-state index is 6.85. The average molecular weight is 1510 g/mol. The van der Waals surface area contributed by atoms with E-state index in [2.05, 4.69) is 78.3 Å². The molecule has 0 saturated carbocycles. The first-order chi connectivity index (χ1) is 53.3. The largest absolute Gasteiger partial charge is 0.489 e. The van der Waals surface area contributed by atoms with E-state index in [4.69, 9.17) is 57.6 Å². The summed E-state index contributed by atoms with van der Waals surface area (Å²) in [7, 11) is 0. The van der Waals surface area contributed by atoms with Gasteiger partial charge in [-0.2, -0.15) is 15.0 Å². The first kappa shape index (κ1) is 94.6. The quantitative estimate of drug-likeness (QED) is 0.0358. The fourth-order valence-corrected chi connectivity index (χ4v) is 13.5. The van der Waals surface area contributed by atoms with Crippen LogP contribution < -0.4 is 58.6 Å². The number of aromatic nitrogens is 3. The van der Waals surface area contributed by atoms with Crippen molar-refractivity contribution in [3.8, 4) is 51.7 Å². The van der Waals surface area contributed by atoms with Crippen LogP contribution in [0.15, 0.2) is 36.4 Å². The van der Waals surface area contributed by atoms with E-state index in [1.54, 1.807) is 0 Å². The Balaban J connectivity index is 1.99. The van der Waals surface area contributed by atoms with E-state index in [9.17, 15) is 0 Å². The molecule has 618 valence electrons. The van der Waals surface area contributed by atoms with Crippen LogP contribution in [0, 0.1) is 0 Å². The molecule has 0 amide bonds. The van der Waals surface area contributed by atoms with Crippen molar-refractivity contribution in [1.29, 1.82) is 0 Å². The molecule has 0 unspecified atom stereocenters. The van der Waals surface area contributed by atoms with Crippen LogP contribution in [-0.2, 0) is 0 Å². The van der Waals surface area contributed by atoms with Crippen molar-refractivity contribution in [1.82, 2.24) is 15.0 Å². The lowest BCUT2D eigenvalue weighted by Gasteiger charge is -2.20. The molecule has 4 aromatic rings. The van der Waals surface area contributed by atoms with Crippen molar-refractivity contribution < 1.29 is 42.6 Å². The van der Waals surface area contributed by atoms with E-state index >= 15 is 0 Å². The second-order valence-corrected chi connectivity index (χ2v) is 30.6. The summed E-state index contributed by atoms with van der Waals surface area (Å²) >= 11 is 0. The zero-order valence-corrected chi connectivity index (χ0v) is 71.0. The molecule has 1 heterocycles. The van der Waals surface area contributed by atoms with Crippen LogP contribution in [0.1, 0.15) is 409 Å². The standard InChI is InChI=1S/C93H162N6O9/c1-10-19-28-37-46-55-64-100-82-73-79(74-83(101-65-56-47-38-29-20-11-2)88(82)106-70-61-52-43-34-25-16-7)94-91-97-92(95-80-75-84(102-66-57-48-39-30-21-12-3)89(107-71-62-53-44-35-26-17-8)85(76-80)103-67-58-49-40-31-22-13-4)99-93(98-91)96-81-77-86(104-68-59-50-41-32-23-14-5)90(108-72-63-54-45-36-27-18-9)87(78-81)105-69-60-51-42-33-24-15-6/h73-78H,10-72H2,1-9H3,(H3,94,95,96,97,98,99). The summed E-state index contributed by atoms with van der Waals surface area (Å²) in [5, 5.41) is 11.0. The Morgan fingerprint density at radius 2 is 0.306 bits per heavy atom. The molecule has 0 spiro atoms. The van der Waals surface area contributed by atoms with Crippen LogP contribution in [0.2, 0.25) is 0 Å². The monoisotopic (exact) mass is 1510 g/mol. The number of anilines is 6. The number of rotatable bonds is 78. The third kappa shape index (κ3) is 45.6. The second-order valence-electron chi connectivity index (χ2n) is 30.6. The van der Waals surface area contributed by atoms with Crippen LogP contribution in [0.25, 0.3) is 0 Å².